The van der Waals surface area contributed by atoms with E-state index < -0.39 is 5.97 Å². The molecule has 94 valence electrons. The molecule has 1 atom stereocenters. The van der Waals surface area contributed by atoms with Gasteiger partial charge in [0.1, 0.15) is 6.04 Å². The first-order chi connectivity index (χ1) is 7.74. The standard InChI is InChI=1S/C12H23NO2S/c1-16-9-5-8-11(12(14)15)13-10-6-3-2-4-7-10/h10-11,13H,2-9H2,1H3,(H,14,15). The Balaban J connectivity index is 2.28. The van der Waals surface area contributed by atoms with E-state index in [4.69, 9.17) is 5.11 Å². The van der Waals surface area contributed by atoms with Crippen molar-refractivity contribution in [3.63, 3.8) is 0 Å². The van der Waals surface area contributed by atoms with Crippen LogP contribution in [0.4, 0.5) is 0 Å². The summed E-state index contributed by atoms with van der Waals surface area (Å²) < 4.78 is 0. The molecule has 0 saturated heterocycles. The van der Waals surface area contributed by atoms with E-state index in [0.29, 0.717) is 6.04 Å². The van der Waals surface area contributed by atoms with Crippen LogP contribution < -0.4 is 5.32 Å². The average Bonchev–Trinajstić information content (AvgIpc) is 2.29. The number of carboxylic acids is 1. The SMILES string of the molecule is CSCCCC(NC1CCCCC1)C(=O)O. The third kappa shape index (κ3) is 5.21. The molecule has 1 aliphatic carbocycles. The van der Waals surface area contributed by atoms with Crippen LogP contribution in [0.15, 0.2) is 0 Å². The highest BCUT2D eigenvalue weighted by Crippen LogP contribution is 2.18. The maximum absolute atomic E-state index is 11.1. The van der Waals surface area contributed by atoms with Crippen LogP contribution in [-0.4, -0.2) is 35.2 Å². The van der Waals surface area contributed by atoms with Gasteiger partial charge in [0.05, 0.1) is 0 Å². The van der Waals surface area contributed by atoms with Crippen molar-refractivity contribution in [1.29, 1.82) is 0 Å². The highest BCUT2D eigenvalue weighted by molar-refractivity contribution is 7.98. The lowest BCUT2D eigenvalue weighted by Crippen LogP contribution is -2.44. The first-order valence-electron chi connectivity index (χ1n) is 6.22. The van der Waals surface area contributed by atoms with Crippen molar-refractivity contribution in [1.82, 2.24) is 5.32 Å². The molecule has 0 aromatic heterocycles. The number of carbonyl (C=O) groups is 1. The summed E-state index contributed by atoms with van der Waals surface area (Å²) in [5, 5.41) is 12.4. The molecule has 1 aliphatic rings. The fraction of sp³-hybridized carbons (Fsp3) is 0.917. The summed E-state index contributed by atoms with van der Waals surface area (Å²) in [6, 6.07) is 0.0966. The summed E-state index contributed by atoms with van der Waals surface area (Å²) in [5.74, 6) is 0.363. The zero-order valence-corrected chi connectivity index (χ0v) is 10.9. The first kappa shape index (κ1) is 13.8. The number of hydrogen-bond donors (Lipinski definition) is 2. The molecule has 0 amide bonds. The van der Waals surface area contributed by atoms with Crippen molar-refractivity contribution in [3.05, 3.63) is 0 Å². The number of aliphatic carboxylic acids is 1. The topological polar surface area (TPSA) is 49.3 Å². The van der Waals surface area contributed by atoms with Crippen molar-refractivity contribution in [3.8, 4) is 0 Å². The Bertz CT molecular complexity index is 205. The van der Waals surface area contributed by atoms with Gasteiger partial charge in [-0.25, -0.2) is 0 Å². The Hall–Kier alpha value is -0.220. The molecular weight excluding hydrogens is 222 g/mol. The van der Waals surface area contributed by atoms with Crippen LogP contribution in [0.5, 0.6) is 0 Å². The maximum atomic E-state index is 11.1. The third-order valence-corrected chi connectivity index (χ3v) is 3.88. The molecule has 0 spiro atoms. The fourth-order valence-electron chi connectivity index (χ4n) is 2.26. The van der Waals surface area contributed by atoms with Crippen LogP contribution in [0.1, 0.15) is 44.9 Å². The van der Waals surface area contributed by atoms with Gasteiger partial charge >= 0.3 is 5.97 Å². The summed E-state index contributed by atoms with van der Waals surface area (Å²) in [6.45, 7) is 0. The van der Waals surface area contributed by atoms with Crippen LogP contribution >= 0.6 is 11.8 Å². The predicted molar refractivity (Wildman–Crippen MR) is 69.0 cm³/mol. The lowest BCUT2D eigenvalue weighted by Gasteiger charge is -2.26. The van der Waals surface area contributed by atoms with E-state index in [0.717, 1.165) is 31.4 Å². The van der Waals surface area contributed by atoms with Crippen LogP contribution in [0.3, 0.4) is 0 Å². The quantitative estimate of drug-likeness (QED) is 0.677. The number of nitrogens with one attached hydrogen (secondary N) is 1. The van der Waals surface area contributed by atoms with Crippen LogP contribution in [-0.2, 0) is 4.79 Å². The van der Waals surface area contributed by atoms with E-state index in [1.807, 2.05) is 0 Å². The van der Waals surface area contributed by atoms with Crippen molar-refractivity contribution in [2.75, 3.05) is 12.0 Å². The normalized spacial score (nSPS) is 19.6. The highest BCUT2D eigenvalue weighted by atomic mass is 32.2. The lowest BCUT2D eigenvalue weighted by molar-refractivity contribution is -0.140. The lowest BCUT2D eigenvalue weighted by atomic mass is 9.94. The van der Waals surface area contributed by atoms with Crippen molar-refractivity contribution < 1.29 is 9.90 Å². The third-order valence-electron chi connectivity index (χ3n) is 3.18. The van der Waals surface area contributed by atoms with Crippen molar-refractivity contribution >= 4 is 17.7 Å². The second kappa shape index (κ2) is 7.96. The Morgan fingerprint density at radius 3 is 2.69 bits per heavy atom. The minimum atomic E-state index is -0.688. The van der Waals surface area contributed by atoms with E-state index in [1.165, 1.54) is 19.3 Å². The van der Waals surface area contributed by atoms with Crippen LogP contribution in [0.25, 0.3) is 0 Å². The van der Waals surface area contributed by atoms with Crippen molar-refractivity contribution in [2.45, 2.75) is 57.0 Å². The number of carboxylic acid groups (broad SMARTS) is 1. The molecule has 0 radical (unpaired) electrons. The van der Waals surface area contributed by atoms with Gasteiger partial charge in [-0.05, 0) is 37.7 Å². The molecule has 1 fully saturated rings. The predicted octanol–water partition coefficient (Wildman–Crippen LogP) is 2.51. The van der Waals surface area contributed by atoms with Crippen molar-refractivity contribution in [2.24, 2.45) is 0 Å². The summed E-state index contributed by atoms with van der Waals surface area (Å²) in [6.07, 6.45) is 9.89. The number of rotatable bonds is 7. The van der Waals surface area contributed by atoms with E-state index in [1.54, 1.807) is 11.8 Å². The van der Waals surface area contributed by atoms with Crippen LogP contribution in [0, 0.1) is 0 Å². The molecule has 3 nitrogen and oxygen atoms in total. The van der Waals surface area contributed by atoms with Gasteiger partial charge in [-0.1, -0.05) is 19.3 Å². The molecule has 1 unspecified atom stereocenters. The number of hydrogen-bond acceptors (Lipinski definition) is 3. The monoisotopic (exact) mass is 245 g/mol. The molecule has 0 heterocycles. The second-order valence-corrected chi connectivity index (χ2v) is 5.51. The largest absolute Gasteiger partial charge is 0.480 e. The Kier molecular flexibility index (Phi) is 6.88. The molecular formula is C12H23NO2S. The Morgan fingerprint density at radius 1 is 1.44 bits per heavy atom. The first-order valence-corrected chi connectivity index (χ1v) is 7.61. The van der Waals surface area contributed by atoms with Crippen LogP contribution in [0.2, 0.25) is 0 Å². The molecule has 1 rings (SSSR count). The minimum Gasteiger partial charge on any atom is -0.480 e. The smallest absolute Gasteiger partial charge is 0.320 e. The van der Waals surface area contributed by atoms with E-state index in [-0.39, 0.29) is 6.04 Å². The fourth-order valence-corrected chi connectivity index (χ4v) is 2.72. The molecule has 16 heavy (non-hydrogen) atoms. The van der Waals surface area contributed by atoms with Gasteiger partial charge in [-0.2, -0.15) is 11.8 Å². The summed E-state index contributed by atoms with van der Waals surface area (Å²) in [4.78, 5) is 11.1. The van der Waals surface area contributed by atoms with Gasteiger partial charge in [-0.3, -0.25) is 4.79 Å². The summed E-state index contributed by atoms with van der Waals surface area (Å²) in [7, 11) is 0. The maximum Gasteiger partial charge on any atom is 0.320 e. The van der Waals surface area contributed by atoms with Gasteiger partial charge in [0.25, 0.3) is 0 Å². The molecule has 1 saturated carbocycles. The average molecular weight is 245 g/mol. The number of thioether (sulfide) groups is 1. The van der Waals surface area contributed by atoms with E-state index in [2.05, 4.69) is 11.6 Å². The van der Waals surface area contributed by atoms with Gasteiger partial charge in [0, 0.05) is 6.04 Å². The molecule has 0 bridgehead atoms. The highest BCUT2D eigenvalue weighted by Gasteiger charge is 2.22. The molecule has 0 aromatic carbocycles. The molecule has 4 heteroatoms. The zero-order chi connectivity index (χ0) is 11.8. The van der Waals surface area contributed by atoms with Gasteiger partial charge in [0.2, 0.25) is 0 Å². The van der Waals surface area contributed by atoms with Gasteiger partial charge < -0.3 is 10.4 Å². The molecule has 0 aliphatic heterocycles. The Labute approximate surface area is 102 Å². The van der Waals surface area contributed by atoms with Gasteiger partial charge in [0.15, 0.2) is 0 Å². The van der Waals surface area contributed by atoms with E-state index in [9.17, 15) is 4.79 Å². The van der Waals surface area contributed by atoms with E-state index >= 15 is 0 Å². The Morgan fingerprint density at radius 2 is 2.12 bits per heavy atom. The second-order valence-electron chi connectivity index (χ2n) is 4.53. The minimum absolute atomic E-state index is 0.338. The zero-order valence-electron chi connectivity index (χ0n) is 10.1. The summed E-state index contributed by atoms with van der Waals surface area (Å²) in [5.41, 5.74) is 0. The molecule has 2 N–H and O–H groups in total. The summed E-state index contributed by atoms with van der Waals surface area (Å²) >= 11 is 1.78. The molecule has 0 aromatic rings. The van der Waals surface area contributed by atoms with Gasteiger partial charge in [-0.15, -0.1) is 0 Å².